The lowest BCUT2D eigenvalue weighted by molar-refractivity contribution is -0.275. The second kappa shape index (κ2) is 7.95. The first kappa shape index (κ1) is 21.3. The van der Waals surface area contributed by atoms with Crippen LogP contribution in [0.4, 0.5) is 13.2 Å². The molecular weight excluding hydrogens is 407 g/mol. The molecule has 1 heterocycles. The molecule has 0 aliphatic carbocycles. The van der Waals surface area contributed by atoms with E-state index in [4.69, 9.17) is 4.74 Å². The van der Waals surface area contributed by atoms with Crippen molar-refractivity contribution in [2.45, 2.75) is 17.4 Å². The van der Waals surface area contributed by atoms with Crippen molar-refractivity contribution in [3.8, 4) is 22.6 Å². The van der Waals surface area contributed by atoms with Crippen molar-refractivity contribution in [2.75, 3.05) is 19.3 Å². The second-order valence-electron chi connectivity index (χ2n) is 5.91. The molecule has 1 saturated heterocycles. The number of alkyl halides is 3. The molecule has 3 rings (SSSR count). The maximum absolute atomic E-state index is 12.7. The molecule has 148 valence electrons. The number of rotatable bonds is 5. The van der Waals surface area contributed by atoms with E-state index < -0.39 is 21.9 Å². The second-order valence-corrected chi connectivity index (χ2v) is 7.92. The summed E-state index contributed by atoms with van der Waals surface area (Å²) in [4.78, 5) is 0.0779. The van der Waals surface area contributed by atoms with E-state index >= 15 is 0 Å². The van der Waals surface area contributed by atoms with Crippen LogP contribution in [0, 0.1) is 0 Å². The van der Waals surface area contributed by atoms with Crippen molar-refractivity contribution in [2.24, 2.45) is 0 Å². The normalized spacial score (nSPS) is 14.8. The lowest BCUT2D eigenvalue weighted by Gasteiger charge is -2.28. The van der Waals surface area contributed by atoms with Gasteiger partial charge < -0.3 is 14.8 Å². The minimum Gasteiger partial charge on any atom is -0.484 e. The molecule has 0 atom stereocenters. The molecule has 0 aromatic heterocycles. The monoisotopic (exact) mass is 423 g/mol. The fourth-order valence-electron chi connectivity index (χ4n) is 2.42. The topological polar surface area (TPSA) is 64.6 Å². The molecule has 1 aliphatic heterocycles. The molecule has 0 spiro atoms. The molecule has 2 aromatic carbocycles. The predicted octanol–water partition coefficient (Wildman–Crippen LogP) is 3.43. The first-order chi connectivity index (χ1) is 12.1. The summed E-state index contributed by atoms with van der Waals surface area (Å²) in [5.74, 6) is -0.483. The average molecular weight is 424 g/mol. The van der Waals surface area contributed by atoms with Gasteiger partial charge in [0.05, 0.1) is 4.90 Å². The van der Waals surface area contributed by atoms with Crippen molar-refractivity contribution in [3.05, 3.63) is 42.5 Å². The SMILES string of the molecule is CS(=O)(=O)c1cccc(-c2ccc(OC3CNC3)c(OC(F)(F)F)c2)c1.Cl. The molecule has 0 bridgehead atoms. The zero-order valence-corrected chi connectivity index (χ0v) is 15.7. The molecule has 27 heavy (non-hydrogen) atoms. The van der Waals surface area contributed by atoms with Crippen molar-refractivity contribution >= 4 is 22.2 Å². The van der Waals surface area contributed by atoms with Gasteiger partial charge in [-0.25, -0.2) is 8.42 Å². The molecule has 1 aliphatic rings. The van der Waals surface area contributed by atoms with E-state index in [0.717, 1.165) is 6.26 Å². The van der Waals surface area contributed by atoms with Gasteiger partial charge in [-0.3, -0.25) is 0 Å². The molecule has 1 N–H and O–H groups in total. The Morgan fingerprint density at radius 3 is 2.26 bits per heavy atom. The summed E-state index contributed by atoms with van der Waals surface area (Å²) in [6.07, 6.45) is -4.03. The molecule has 2 aromatic rings. The summed E-state index contributed by atoms with van der Waals surface area (Å²) in [7, 11) is -3.43. The van der Waals surface area contributed by atoms with Gasteiger partial charge in [0.15, 0.2) is 21.3 Å². The lowest BCUT2D eigenvalue weighted by atomic mass is 10.1. The Labute approximate surface area is 160 Å². The maximum atomic E-state index is 12.7. The standard InChI is InChI=1S/C17H16F3NO4S.ClH/c1-26(22,23)14-4-2-3-11(7-14)12-5-6-15(24-13-9-21-10-13)16(8-12)25-17(18,19)20;/h2-8,13,21H,9-10H2,1H3;1H. The number of halogens is 4. The molecule has 10 heteroatoms. The highest BCUT2D eigenvalue weighted by Gasteiger charge is 2.33. The Hall–Kier alpha value is -1.97. The van der Waals surface area contributed by atoms with Crippen LogP contribution in [-0.4, -0.2) is 40.2 Å². The number of nitrogens with one attached hydrogen (secondary N) is 1. The van der Waals surface area contributed by atoms with Crippen LogP contribution >= 0.6 is 12.4 Å². The third-order valence-electron chi connectivity index (χ3n) is 3.80. The number of hydrogen-bond acceptors (Lipinski definition) is 5. The summed E-state index contributed by atoms with van der Waals surface area (Å²) in [5.41, 5.74) is 0.839. The molecule has 0 saturated carbocycles. The van der Waals surface area contributed by atoms with Gasteiger partial charge in [-0.1, -0.05) is 18.2 Å². The summed E-state index contributed by atoms with van der Waals surface area (Å²) >= 11 is 0. The minimum atomic E-state index is -4.87. The zero-order chi connectivity index (χ0) is 18.9. The smallest absolute Gasteiger partial charge is 0.484 e. The predicted molar refractivity (Wildman–Crippen MR) is 96.2 cm³/mol. The third-order valence-corrected chi connectivity index (χ3v) is 4.91. The van der Waals surface area contributed by atoms with Crippen molar-refractivity contribution < 1.29 is 31.1 Å². The van der Waals surface area contributed by atoms with E-state index in [1.807, 2.05) is 0 Å². The van der Waals surface area contributed by atoms with Crippen molar-refractivity contribution in [1.82, 2.24) is 5.32 Å². The van der Waals surface area contributed by atoms with Crippen LogP contribution in [0.1, 0.15) is 0 Å². The fourth-order valence-corrected chi connectivity index (χ4v) is 3.09. The van der Waals surface area contributed by atoms with Crippen molar-refractivity contribution in [1.29, 1.82) is 0 Å². The third kappa shape index (κ3) is 5.50. The van der Waals surface area contributed by atoms with Gasteiger partial charge in [-0.05, 0) is 35.4 Å². The number of benzene rings is 2. The lowest BCUT2D eigenvalue weighted by Crippen LogP contribution is -2.50. The van der Waals surface area contributed by atoms with Gasteiger partial charge in [0.1, 0.15) is 6.10 Å². The van der Waals surface area contributed by atoms with Crippen LogP contribution < -0.4 is 14.8 Å². The zero-order valence-electron chi connectivity index (χ0n) is 14.1. The average Bonchev–Trinajstić information content (AvgIpc) is 2.49. The van der Waals surface area contributed by atoms with Gasteiger partial charge in [-0.15, -0.1) is 25.6 Å². The van der Waals surface area contributed by atoms with Crippen LogP contribution in [0.2, 0.25) is 0 Å². The Morgan fingerprint density at radius 2 is 1.70 bits per heavy atom. The fraction of sp³-hybridized carbons (Fsp3) is 0.294. The van der Waals surface area contributed by atoms with E-state index in [9.17, 15) is 21.6 Å². The van der Waals surface area contributed by atoms with Crippen molar-refractivity contribution in [3.63, 3.8) is 0 Å². The highest BCUT2D eigenvalue weighted by molar-refractivity contribution is 7.90. The Kier molecular flexibility index (Phi) is 6.28. The van der Waals surface area contributed by atoms with Crippen LogP contribution in [0.5, 0.6) is 11.5 Å². The summed E-state index contributed by atoms with van der Waals surface area (Å²) in [6.45, 7) is 1.09. The molecule has 0 radical (unpaired) electrons. The van der Waals surface area contributed by atoms with Crippen LogP contribution in [-0.2, 0) is 9.84 Å². The largest absolute Gasteiger partial charge is 0.573 e. The number of hydrogen-bond donors (Lipinski definition) is 1. The molecule has 1 fully saturated rings. The molecule has 5 nitrogen and oxygen atoms in total. The minimum absolute atomic E-state index is 0. The van der Waals surface area contributed by atoms with Crippen LogP contribution in [0.3, 0.4) is 0 Å². The van der Waals surface area contributed by atoms with Gasteiger partial charge in [-0.2, -0.15) is 0 Å². The first-order valence-electron chi connectivity index (χ1n) is 7.69. The van der Waals surface area contributed by atoms with E-state index in [1.165, 1.54) is 30.3 Å². The number of ether oxygens (including phenoxy) is 2. The van der Waals surface area contributed by atoms with E-state index in [-0.39, 0.29) is 29.2 Å². The molecule has 0 amide bonds. The van der Waals surface area contributed by atoms with E-state index in [0.29, 0.717) is 24.2 Å². The van der Waals surface area contributed by atoms with E-state index in [2.05, 4.69) is 10.1 Å². The van der Waals surface area contributed by atoms with Gasteiger partial charge in [0, 0.05) is 19.3 Å². The van der Waals surface area contributed by atoms with Gasteiger partial charge in [0.2, 0.25) is 0 Å². The van der Waals surface area contributed by atoms with Gasteiger partial charge in [0.25, 0.3) is 0 Å². The summed E-state index contributed by atoms with van der Waals surface area (Å²) < 4.78 is 71.2. The van der Waals surface area contributed by atoms with Gasteiger partial charge >= 0.3 is 6.36 Å². The van der Waals surface area contributed by atoms with Crippen LogP contribution in [0.25, 0.3) is 11.1 Å². The Balaban J connectivity index is 0.00000261. The Morgan fingerprint density at radius 1 is 1.04 bits per heavy atom. The molecular formula is C17H17ClF3NO4S. The summed E-state index contributed by atoms with van der Waals surface area (Å²) in [5, 5.41) is 2.96. The Bertz CT molecular complexity index is 915. The van der Waals surface area contributed by atoms with E-state index in [1.54, 1.807) is 12.1 Å². The quantitative estimate of drug-likeness (QED) is 0.798. The van der Waals surface area contributed by atoms with Crippen LogP contribution in [0.15, 0.2) is 47.4 Å². The molecule has 0 unspecified atom stereocenters. The summed E-state index contributed by atoms with van der Waals surface area (Å²) in [6, 6.07) is 10.1. The highest BCUT2D eigenvalue weighted by Crippen LogP contribution is 2.37. The highest BCUT2D eigenvalue weighted by atomic mass is 35.5. The number of sulfone groups is 1. The maximum Gasteiger partial charge on any atom is 0.573 e. The first-order valence-corrected chi connectivity index (χ1v) is 9.59.